The third-order valence-electron chi connectivity index (χ3n) is 8.14. The van der Waals surface area contributed by atoms with Crippen molar-refractivity contribution < 1.29 is 9.53 Å². The molecule has 2 aromatic carbocycles. The number of likely N-dealkylation sites (tertiary alicyclic amines) is 1. The van der Waals surface area contributed by atoms with Crippen LogP contribution in [-0.2, 0) is 4.74 Å². The number of allylic oxidation sites excluding steroid dienone is 4. The number of nitrogens with two attached hydrogens (primary N) is 1. The van der Waals surface area contributed by atoms with Gasteiger partial charge in [0.2, 0.25) is 0 Å². The highest BCUT2D eigenvalue weighted by Crippen LogP contribution is 2.44. The van der Waals surface area contributed by atoms with Crippen molar-refractivity contribution in [3.8, 4) is 0 Å². The second kappa shape index (κ2) is 15.1. The van der Waals surface area contributed by atoms with Gasteiger partial charge in [0.25, 0.3) is 0 Å². The van der Waals surface area contributed by atoms with E-state index in [0.717, 1.165) is 48.7 Å². The van der Waals surface area contributed by atoms with Gasteiger partial charge in [-0.05, 0) is 124 Å². The normalized spacial score (nSPS) is 18.7. The minimum atomic E-state index is -0.492. The summed E-state index contributed by atoms with van der Waals surface area (Å²) in [6.45, 7) is 12.4. The highest BCUT2D eigenvalue weighted by molar-refractivity contribution is 8.03. The van der Waals surface area contributed by atoms with Crippen molar-refractivity contribution in [1.82, 2.24) is 9.80 Å². The van der Waals surface area contributed by atoms with Crippen molar-refractivity contribution in [2.75, 3.05) is 26.7 Å². The lowest BCUT2D eigenvalue weighted by Gasteiger charge is -2.37. The Labute approximate surface area is 267 Å². The zero-order valence-corrected chi connectivity index (χ0v) is 27.6. The van der Waals surface area contributed by atoms with Crippen LogP contribution in [-0.4, -0.2) is 48.2 Å². The molecule has 5 nitrogen and oxygen atoms in total. The first-order valence-electron chi connectivity index (χ1n) is 15.2. The molecule has 1 amide bonds. The number of carbonyl (C=O) groups excluding carboxylic acids is 1. The number of hydrogen-bond acceptors (Lipinski definition) is 5. The van der Waals surface area contributed by atoms with Crippen molar-refractivity contribution in [1.29, 1.82) is 0 Å². The Hall–Kier alpha value is -3.09. The Morgan fingerprint density at radius 2 is 1.91 bits per heavy atom. The molecule has 1 aliphatic heterocycles. The van der Waals surface area contributed by atoms with E-state index in [1.807, 2.05) is 43.9 Å². The van der Waals surface area contributed by atoms with Gasteiger partial charge in [0, 0.05) is 36.6 Å². The first-order chi connectivity index (χ1) is 20.5. The first kappa shape index (κ1) is 32.8. The number of amides is 1. The van der Waals surface area contributed by atoms with E-state index in [1.165, 1.54) is 27.2 Å². The highest BCUT2D eigenvalue weighted by Gasteiger charge is 2.34. The smallest absolute Gasteiger partial charge is 0.410 e. The summed E-state index contributed by atoms with van der Waals surface area (Å²) in [5.74, 6) is 0.769. The largest absolute Gasteiger partial charge is 0.444 e. The number of piperidine rings is 1. The SMILES string of the molecule is C=C(Sc1ccccc1)N(C)CCCC1=Cc2cc(Cl)ccc2C(C2CCN(C(=O)OC(C)(C)C)CC2)C/C1=C\C=C/N. The van der Waals surface area contributed by atoms with Crippen LogP contribution < -0.4 is 5.73 Å². The maximum atomic E-state index is 12.7. The molecular formula is C36H46ClN3O2S. The number of hydrogen-bond donors (Lipinski definition) is 1. The lowest BCUT2D eigenvalue weighted by molar-refractivity contribution is 0.0173. The monoisotopic (exact) mass is 619 g/mol. The van der Waals surface area contributed by atoms with E-state index < -0.39 is 5.60 Å². The number of rotatable bonds is 9. The Balaban J connectivity index is 1.48. The number of carbonyl (C=O) groups is 1. The van der Waals surface area contributed by atoms with Crippen LogP contribution in [0, 0.1) is 5.92 Å². The van der Waals surface area contributed by atoms with Crippen molar-refractivity contribution in [3.63, 3.8) is 0 Å². The third kappa shape index (κ3) is 9.45. The van der Waals surface area contributed by atoms with E-state index in [1.54, 1.807) is 18.0 Å². The van der Waals surface area contributed by atoms with Gasteiger partial charge in [0.15, 0.2) is 0 Å². The predicted molar refractivity (Wildman–Crippen MR) is 182 cm³/mol. The zero-order valence-electron chi connectivity index (χ0n) is 26.0. The molecule has 2 aromatic rings. The van der Waals surface area contributed by atoms with Gasteiger partial charge in [-0.25, -0.2) is 4.79 Å². The highest BCUT2D eigenvalue weighted by atomic mass is 35.5. The van der Waals surface area contributed by atoms with E-state index in [0.29, 0.717) is 24.9 Å². The number of nitrogens with zero attached hydrogens (tertiary/aromatic N) is 2. The summed E-state index contributed by atoms with van der Waals surface area (Å²) in [5.41, 5.74) is 10.5. The number of halogens is 1. The molecule has 1 aliphatic carbocycles. The second-order valence-corrected chi connectivity index (χ2v) is 14.1. The molecule has 1 atom stereocenters. The third-order valence-corrected chi connectivity index (χ3v) is 9.43. The van der Waals surface area contributed by atoms with E-state index >= 15 is 0 Å². The minimum absolute atomic E-state index is 0.216. The molecule has 1 saturated heterocycles. The summed E-state index contributed by atoms with van der Waals surface area (Å²) in [6, 6.07) is 16.7. The van der Waals surface area contributed by atoms with Gasteiger partial charge in [0.1, 0.15) is 5.60 Å². The lowest BCUT2D eigenvalue weighted by Crippen LogP contribution is -2.42. The van der Waals surface area contributed by atoms with E-state index in [4.69, 9.17) is 22.1 Å². The summed E-state index contributed by atoms with van der Waals surface area (Å²) in [7, 11) is 2.11. The van der Waals surface area contributed by atoms with Crippen LogP contribution in [0.2, 0.25) is 5.02 Å². The zero-order chi connectivity index (χ0) is 31.0. The fraction of sp³-hybridized carbons (Fsp3) is 0.417. The van der Waals surface area contributed by atoms with E-state index in [2.05, 4.69) is 67.1 Å². The Morgan fingerprint density at radius 1 is 1.19 bits per heavy atom. The molecule has 2 N–H and O–H groups in total. The summed E-state index contributed by atoms with van der Waals surface area (Å²) < 4.78 is 5.65. The predicted octanol–water partition coefficient (Wildman–Crippen LogP) is 9.23. The maximum Gasteiger partial charge on any atom is 0.410 e. The molecule has 1 fully saturated rings. The minimum Gasteiger partial charge on any atom is -0.444 e. The van der Waals surface area contributed by atoms with Crippen molar-refractivity contribution in [3.05, 3.63) is 106 Å². The number of benzene rings is 2. The van der Waals surface area contributed by atoms with Crippen molar-refractivity contribution in [2.45, 2.75) is 69.3 Å². The fourth-order valence-corrected chi connectivity index (χ4v) is 6.90. The molecule has 1 unspecified atom stereocenters. The van der Waals surface area contributed by atoms with Gasteiger partial charge in [-0.3, -0.25) is 0 Å². The van der Waals surface area contributed by atoms with Gasteiger partial charge in [-0.2, -0.15) is 0 Å². The quantitative estimate of drug-likeness (QED) is 0.284. The molecule has 1 heterocycles. The second-order valence-electron chi connectivity index (χ2n) is 12.5. The Kier molecular flexibility index (Phi) is 11.5. The average molecular weight is 620 g/mol. The summed E-state index contributed by atoms with van der Waals surface area (Å²) in [6.07, 6.45) is 12.6. The summed E-state index contributed by atoms with van der Waals surface area (Å²) in [5, 5.41) is 1.79. The van der Waals surface area contributed by atoms with Gasteiger partial charge in [0.05, 0.1) is 5.03 Å². The summed E-state index contributed by atoms with van der Waals surface area (Å²) >= 11 is 8.24. The average Bonchev–Trinajstić information content (AvgIpc) is 3.11. The fourth-order valence-electron chi connectivity index (χ4n) is 5.91. The van der Waals surface area contributed by atoms with Gasteiger partial charge < -0.3 is 20.3 Å². The number of ether oxygens (including phenoxy) is 1. The van der Waals surface area contributed by atoms with E-state index in [9.17, 15) is 4.79 Å². The molecule has 43 heavy (non-hydrogen) atoms. The van der Waals surface area contributed by atoms with E-state index in [-0.39, 0.29) is 6.09 Å². The number of fused-ring (bicyclic) bond motifs is 1. The summed E-state index contributed by atoms with van der Waals surface area (Å²) in [4.78, 5) is 18.0. The molecule has 0 spiro atoms. The van der Waals surface area contributed by atoms with Crippen LogP contribution in [0.15, 0.2) is 94.5 Å². The van der Waals surface area contributed by atoms with Crippen LogP contribution in [0.1, 0.15) is 69.9 Å². The molecule has 0 saturated carbocycles. The first-order valence-corrected chi connectivity index (χ1v) is 16.4. The van der Waals surface area contributed by atoms with Crippen LogP contribution in [0.4, 0.5) is 4.79 Å². The molecule has 0 aromatic heterocycles. The molecular weight excluding hydrogens is 574 g/mol. The molecule has 0 radical (unpaired) electrons. The molecule has 4 rings (SSSR count). The van der Waals surface area contributed by atoms with Crippen molar-refractivity contribution in [2.24, 2.45) is 11.7 Å². The Bertz CT molecular complexity index is 1350. The maximum absolute atomic E-state index is 12.7. The topological polar surface area (TPSA) is 58.8 Å². The van der Waals surface area contributed by atoms with Crippen LogP contribution >= 0.6 is 23.4 Å². The lowest BCUT2D eigenvalue weighted by atomic mass is 9.76. The van der Waals surface area contributed by atoms with Crippen LogP contribution in [0.5, 0.6) is 0 Å². The number of thioether (sulfide) groups is 1. The molecule has 7 heteroatoms. The van der Waals surface area contributed by atoms with Crippen molar-refractivity contribution >= 4 is 35.5 Å². The molecule has 230 valence electrons. The molecule has 0 bridgehead atoms. The Morgan fingerprint density at radius 3 is 2.58 bits per heavy atom. The van der Waals surface area contributed by atoms with Crippen LogP contribution in [0.25, 0.3) is 6.08 Å². The van der Waals surface area contributed by atoms with Gasteiger partial charge in [-0.15, -0.1) is 0 Å². The molecule has 2 aliphatic rings. The van der Waals surface area contributed by atoms with Gasteiger partial charge >= 0.3 is 6.09 Å². The van der Waals surface area contributed by atoms with Crippen LogP contribution in [0.3, 0.4) is 0 Å². The van der Waals surface area contributed by atoms with Gasteiger partial charge in [-0.1, -0.05) is 66.4 Å². The standard InChI is InChI=1S/C36H46ClN3O2S/c1-26(43-32-13-7-6-8-14-32)39(5)20-10-12-28-23-30-24-31(37)15-16-33(30)34(25-29(28)11-9-19-38)27-17-21-40(22-18-27)35(41)42-36(2,3)4/h6-9,11,13-16,19,23-24,27,34H,1,10,12,17-18,20-22,25,38H2,2-5H3/b19-9-,29-11+.